The minimum absolute atomic E-state index is 0.0839. The lowest BCUT2D eigenvalue weighted by Gasteiger charge is -1.96. The number of hydrogen-bond donors (Lipinski definition) is 2. The lowest BCUT2D eigenvalue weighted by molar-refractivity contribution is -0.137. The molecule has 0 saturated heterocycles. The zero-order valence-electron chi connectivity index (χ0n) is 14.7. The summed E-state index contributed by atoms with van der Waals surface area (Å²) in [6.45, 7) is 2.21. The van der Waals surface area contributed by atoms with Gasteiger partial charge in [0.1, 0.15) is 0 Å². The van der Waals surface area contributed by atoms with E-state index in [1.807, 2.05) is 12.2 Å². The Morgan fingerprint density at radius 2 is 1.62 bits per heavy atom. The second-order valence-corrected chi connectivity index (χ2v) is 5.54. The largest absolute Gasteiger partial charge is 0.481 e. The molecule has 0 atom stereocenters. The van der Waals surface area contributed by atoms with Crippen molar-refractivity contribution in [2.45, 2.75) is 64.7 Å². The van der Waals surface area contributed by atoms with E-state index < -0.39 is 5.97 Å². The van der Waals surface area contributed by atoms with Crippen LogP contribution in [0.3, 0.4) is 0 Å². The van der Waals surface area contributed by atoms with Crippen LogP contribution in [0.4, 0.5) is 0 Å². The van der Waals surface area contributed by atoms with Crippen LogP contribution < -0.4 is 0 Å². The molecule has 134 valence electrons. The first-order valence-electron chi connectivity index (χ1n) is 8.76. The first-order chi connectivity index (χ1) is 11.7. The van der Waals surface area contributed by atoms with Crippen LogP contribution in [0.1, 0.15) is 64.7 Å². The highest BCUT2D eigenvalue weighted by molar-refractivity contribution is 5.94. The molecule has 0 bridgehead atoms. The Morgan fingerprint density at radius 3 is 2.29 bits per heavy atom. The molecular formula is C20H31NO3. The monoisotopic (exact) mass is 333 g/mol. The van der Waals surface area contributed by atoms with E-state index in [9.17, 15) is 4.79 Å². The molecule has 2 N–H and O–H groups in total. The minimum Gasteiger partial charge on any atom is -0.481 e. The molecule has 4 heteroatoms. The maximum absolute atomic E-state index is 10.4. The van der Waals surface area contributed by atoms with Gasteiger partial charge >= 0.3 is 5.97 Å². The molecule has 24 heavy (non-hydrogen) atoms. The van der Waals surface area contributed by atoms with Crippen LogP contribution in [-0.2, 0) is 4.79 Å². The zero-order chi connectivity index (χ0) is 17.9. The van der Waals surface area contributed by atoms with Crippen LogP contribution in [0.25, 0.3) is 0 Å². The summed E-state index contributed by atoms with van der Waals surface area (Å²) in [5.74, 6) is -0.834. The molecule has 0 amide bonds. The number of carboxylic acid groups (broad SMARTS) is 1. The second-order valence-electron chi connectivity index (χ2n) is 5.54. The summed E-state index contributed by atoms with van der Waals surface area (Å²) in [4.78, 5) is 10.4. The molecule has 0 aromatic rings. The number of rotatable bonds is 14. The summed E-state index contributed by atoms with van der Waals surface area (Å²) >= 11 is 0. The summed E-state index contributed by atoms with van der Waals surface area (Å²) in [7, 11) is 0. The van der Waals surface area contributed by atoms with Crippen molar-refractivity contribution in [2.24, 2.45) is 5.16 Å². The van der Waals surface area contributed by atoms with Crippen molar-refractivity contribution in [1.29, 1.82) is 0 Å². The van der Waals surface area contributed by atoms with Crippen molar-refractivity contribution >= 4 is 11.7 Å². The van der Waals surface area contributed by atoms with Gasteiger partial charge in [0.05, 0.1) is 5.71 Å². The molecule has 0 spiro atoms. The topological polar surface area (TPSA) is 69.9 Å². The third kappa shape index (κ3) is 16.3. The minimum atomic E-state index is -0.834. The van der Waals surface area contributed by atoms with Gasteiger partial charge in [-0.3, -0.25) is 4.79 Å². The number of aliphatic carboxylic acids is 1. The Morgan fingerprint density at radius 1 is 0.917 bits per heavy atom. The number of unbranched alkanes of at least 4 members (excludes halogenated alkanes) is 3. The molecule has 0 rings (SSSR count). The molecule has 0 aliphatic carbocycles. The van der Waals surface area contributed by atoms with E-state index in [0.29, 0.717) is 18.6 Å². The summed E-state index contributed by atoms with van der Waals surface area (Å²) in [6, 6.07) is 0. The van der Waals surface area contributed by atoms with E-state index in [-0.39, 0.29) is 6.42 Å². The van der Waals surface area contributed by atoms with E-state index in [1.54, 1.807) is 12.2 Å². The first kappa shape index (κ1) is 21.9. The summed E-state index contributed by atoms with van der Waals surface area (Å²) in [5, 5.41) is 20.5. The van der Waals surface area contributed by atoms with Crippen LogP contribution in [-0.4, -0.2) is 22.0 Å². The lowest BCUT2D eigenvalue weighted by atomic mass is 10.1. The van der Waals surface area contributed by atoms with Crippen LogP contribution in [0, 0.1) is 0 Å². The standard InChI is InChI=1S/C20H31NO3/c1-2-3-4-5-6-7-8-9-10-11-12-13-14-16-19(21-24)17-15-18-20(22)23/h6-7,9-10,12-14,16,24H,2-5,8,11,15,17-18H2,1H3,(H,22,23)/b7-6-,10-9-,13-12-,16-14+,21-19+. The Hall–Kier alpha value is -2.10. The third-order valence-corrected chi connectivity index (χ3v) is 3.34. The molecule has 0 aromatic carbocycles. The summed E-state index contributed by atoms with van der Waals surface area (Å²) in [6.07, 6.45) is 24.0. The van der Waals surface area contributed by atoms with E-state index in [1.165, 1.54) is 25.7 Å². The number of allylic oxidation sites excluding steroid dienone is 8. The highest BCUT2D eigenvalue weighted by Gasteiger charge is 1.99. The number of hydrogen-bond acceptors (Lipinski definition) is 3. The Balaban J connectivity index is 3.78. The number of oxime groups is 1. The molecule has 0 aromatic heterocycles. The van der Waals surface area contributed by atoms with E-state index in [0.717, 1.165) is 12.8 Å². The summed E-state index contributed by atoms with van der Waals surface area (Å²) in [5.41, 5.74) is 0.490. The zero-order valence-corrected chi connectivity index (χ0v) is 14.7. The molecule has 0 heterocycles. The van der Waals surface area contributed by atoms with Crippen LogP contribution in [0.15, 0.2) is 53.8 Å². The smallest absolute Gasteiger partial charge is 0.303 e. The highest BCUT2D eigenvalue weighted by atomic mass is 16.4. The highest BCUT2D eigenvalue weighted by Crippen LogP contribution is 2.01. The van der Waals surface area contributed by atoms with Crippen molar-refractivity contribution < 1.29 is 15.1 Å². The number of nitrogens with zero attached hydrogens (tertiary/aromatic N) is 1. The van der Waals surface area contributed by atoms with Gasteiger partial charge < -0.3 is 10.3 Å². The van der Waals surface area contributed by atoms with Crippen molar-refractivity contribution in [1.82, 2.24) is 0 Å². The first-order valence-corrected chi connectivity index (χ1v) is 8.76. The van der Waals surface area contributed by atoms with Gasteiger partial charge in [0.2, 0.25) is 0 Å². The number of carbonyl (C=O) groups is 1. The SMILES string of the molecule is CCCCC/C=C\C/C=C\C\C=C/C=C/C(CCCC(=O)O)=N\O. The third-order valence-electron chi connectivity index (χ3n) is 3.34. The van der Waals surface area contributed by atoms with E-state index in [4.69, 9.17) is 10.3 Å². The maximum Gasteiger partial charge on any atom is 0.303 e. The summed E-state index contributed by atoms with van der Waals surface area (Å²) < 4.78 is 0. The Bertz CT molecular complexity index is 460. The van der Waals surface area contributed by atoms with Gasteiger partial charge in [0, 0.05) is 6.42 Å². The molecule has 0 aliphatic heterocycles. The fourth-order valence-electron chi connectivity index (χ4n) is 1.99. The predicted molar refractivity (Wildman–Crippen MR) is 101 cm³/mol. The van der Waals surface area contributed by atoms with Gasteiger partial charge in [-0.25, -0.2) is 0 Å². The normalized spacial score (nSPS) is 13.1. The Kier molecular flexibility index (Phi) is 15.7. The second kappa shape index (κ2) is 17.3. The lowest BCUT2D eigenvalue weighted by Crippen LogP contribution is -1.98. The molecule has 0 radical (unpaired) electrons. The number of carboxylic acids is 1. The average Bonchev–Trinajstić information content (AvgIpc) is 2.57. The van der Waals surface area contributed by atoms with Crippen molar-refractivity contribution in [3.63, 3.8) is 0 Å². The fraction of sp³-hybridized carbons (Fsp3) is 0.500. The van der Waals surface area contributed by atoms with Crippen LogP contribution in [0.5, 0.6) is 0 Å². The van der Waals surface area contributed by atoms with Gasteiger partial charge in [-0.2, -0.15) is 0 Å². The van der Waals surface area contributed by atoms with Gasteiger partial charge in [-0.15, -0.1) is 0 Å². The fourth-order valence-corrected chi connectivity index (χ4v) is 1.99. The molecule has 0 fully saturated rings. The quantitative estimate of drug-likeness (QED) is 0.108. The van der Waals surface area contributed by atoms with Gasteiger partial charge in [-0.1, -0.05) is 67.5 Å². The van der Waals surface area contributed by atoms with Gasteiger partial charge in [0.25, 0.3) is 0 Å². The molecule has 0 aliphatic rings. The maximum atomic E-state index is 10.4. The van der Waals surface area contributed by atoms with E-state index >= 15 is 0 Å². The molecule has 0 saturated carbocycles. The van der Waals surface area contributed by atoms with Crippen molar-refractivity contribution in [3.8, 4) is 0 Å². The molecule has 4 nitrogen and oxygen atoms in total. The van der Waals surface area contributed by atoms with Crippen LogP contribution in [0.2, 0.25) is 0 Å². The molecule has 0 unspecified atom stereocenters. The van der Waals surface area contributed by atoms with Crippen molar-refractivity contribution in [3.05, 3.63) is 48.6 Å². The predicted octanol–water partition coefficient (Wildman–Crippen LogP) is 5.66. The van der Waals surface area contributed by atoms with Crippen LogP contribution >= 0.6 is 0 Å². The van der Waals surface area contributed by atoms with E-state index in [2.05, 4.69) is 36.4 Å². The Labute approximate surface area is 146 Å². The van der Waals surface area contributed by atoms with Gasteiger partial charge in [0.15, 0.2) is 0 Å². The van der Waals surface area contributed by atoms with Crippen molar-refractivity contribution in [2.75, 3.05) is 0 Å². The average molecular weight is 333 g/mol. The molecular weight excluding hydrogens is 302 g/mol. The van der Waals surface area contributed by atoms with Gasteiger partial charge in [-0.05, 0) is 44.6 Å².